The van der Waals surface area contributed by atoms with Crippen LogP contribution in [-0.2, 0) is 0 Å². The number of fused-ring (bicyclic) bond motifs is 1. The van der Waals surface area contributed by atoms with E-state index in [1.807, 2.05) is 36.4 Å². The molecule has 2 aromatic carbocycles. The molecule has 0 saturated carbocycles. The Morgan fingerprint density at radius 3 is 2.52 bits per heavy atom. The molecule has 0 unspecified atom stereocenters. The minimum Gasteiger partial charge on any atom is -0.320 e. The number of aromatic nitrogens is 1. The Kier molecular flexibility index (Phi) is 3.90. The van der Waals surface area contributed by atoms with Crippen LogP contribution in [0.2, 0.25) is 5.15 Å². The molecule has 3 nitrogen and oxygen atoms in total. The van der Waals surface area contributed by atoms with Crippen molar-refractivity contribution >= 4 is 49.9 Å². The highest BCUT2D eigenvalue weighted by atomic mass is 79.9. The van der Waals surface area contributed by atoms with Gasteiger partial charge in [-0.15, -0.1) is 0 Å². The minimum absolute atomic E-state index is 0.287. The van der Waals surface area contributed by atoms with Crippen LogP contribution in [-0.4, -0.2) is 10.9 Å². The Bertz CT molecular complexity index is 835. The summed E-state index contributed by atoms with van der Waals surface area (Å²) in [6, 6.07) is 16.6. The highest BCUT2D eigenvalue weighted by molar-refractivity contribution is 9.10. The quantitative estimate of drug-likeness (QED) is 0.659. The Labute approximate surface area is 135 Å². The van der Waals surface area contributed by atoms with Gasteiger partial charge in [0.15, 0.2) is 0 Å². The van der Waals surface area contributed by atoms with Gasteiger partial charge in [-0.05, 0) is 29.7 Å². The van der Waals surface area contributed by atoms with Crippen molar-refractivity contribution in [3.8, 4) is 0 Å². The van der Waals surface area contributed by atoms with Gasteiger partial charge >= 0.3 is 0 Å². The van der Waals surface area contributed by atoms with Crippen LogP contribution in [0.3, 0.4) is 0 Å². The van der Waals surface area contributed by atoms with Crippen LogP contribution in [0.15, 0.2) is 59.1 Å². The molecule has 3 aromatic rings. The number of pyridine rings is 1. The lowest BCUT2D eigenvalue weighted by atomic mass is 10.1. The minimum atomic E-state index is -0.287. The van der Waals surface area contributed by atoms with E-state index in [0.29, 0.717) is 5.15 Å². The molecule has 0 atom stereocenters. The summed E-state index contributed by atoms with van der Waals surface area (Å²) in [5.41, 5.74) is 1.02. The number of anilines is 1. The maximum absolute atomic E-state index is 12.3. The Morgan fingerprint density at radius 2 is 1.76 bits per heavy atom. The van der Waals surface area contributed by atoms with Gasteiger partial charge in [-0.2, -0.15) is 0 Å². The molecular weight excluding hydrogens is 352 g/mol. The van der Waals surface area contributed by atoms with Gasteiger partial charge in [-0.1, -0.05) is 57.9 Å². The zero-order valence-electron chi connectivity index (χ0n) is 10.8. The van der Waals surface area contributed by atoms with Crippen molar-refractivity contribution in [3.63, 3.8) is 0 Å². The summed E-state index contributed by atoms with van der Waals surface area (Å²) in [7, 11) is 0. The van der Waals surface area contributed by atoms with Gasteiger partial charge < -0.3 is 5.32 Å². The van der Waals surface area contributed by atoms with Crippen LogP contribution >= 0.6 is 27.5 Å². The number of carbonyl (C=O) groups excluding carboxylic acids is 1. The summed E-state index contributed by atoms with van der Waals surface area (Å²) < 4.78 is 0.983. The summed E-state index contributed by atoms with van der Waals surface area (Å²) in [5.74, 6) is -0.287. The third-order valence-corrected chi connectivity index (χ3v) is 3.97. The van der Waals surface area contributed by atoms with E-state index in [1.54, 1.807) is 18.2 Å². The summed E-state index contributed by atoms with van der Waals surface area (Å²) in [6.07, 6.45) is 0. The largest absolute Gasteiger partial charge is 0.320 e. The fraction of sp³-hybridized carbons (Fsp3) is 0. The number of halogens is 2. The van der Waals surface area contributed by atoms with E-state index in [0.717, 1.165) is 20.9 Å². The molecule has 1 aromatic heterocycles. The predicted molar refractivity (Wildman–Crippen MR) is 88.8 cm³/mol. The van der Waals surface area contributed by atoms with Gasteiger partial charge in [0.1, 0.15) is 10.8 Å². The standard InChI is InChI=1S/C16H10BrClN2O/c17-12-8-9-13(11-5-2-1-4-10(11)12)20-16(21)14-6-3-7-15(18)19-14/h1-9H,(H,20,21). The summed E-state index contributed by atoms with van der Waals surface area (Å²) in [5, 5.41) is 5.17. The fourth-order valence-corrected chi connectivity index (χ4v) is 2.73. The molecule has 0 spiro atoms. The van der Waals surface area contributed by atoms with Crippen molar-refractivity contribution in [1.82, 2.24) is 4.98 Å². The third kappa shape index (κ3) is 2.91. The molecule has 0 saturated heterocycles. The molecule has 0 bridgehead atoms. The Balaban J connectivity index is 1.99. The van der Waals surface area contributed by atoms with E-state index in [1.165, 1.54) is 0 Å². The molecule has 1 amide bonds. The molecule has 1 heterocycles. The zero-order chi connectivity index (χ0) is 14.8. The molecule has 3 rings (SSSR count). The number of nitrogens with zero attached hydrogens (tertiary/aromatic N) is 1. The molecule has 0 radical (unpaired) electrons. The number of rotatable bonds is 2. The highest BCUT2D eigenvalue weighted by Gasteiger charge is 2.11. The lowest BCUT2D eigenvalue weighted by Crippen LogP contribution is -2.13. The first-order valence-electron chi connectivity index (χ1n) is 6.26. The average molecular weight is 362 g/mol. The second-order valence-corrected chi connectivity index (χ2v) is 5.68. The second kappa shape index (κ2) is 5.84. The second-order valence-electron chi connectivity index (χ2n) is 4.44. The smallest absolute Gasteiger partial charge is 0.274 e. The first-order valence-corrected chi connectivity index (χ1v) is 7.43. The van der Waals surface area contributed by atoms with E-state index in [9.17, 15) is 4.79 Å². The van der Waals surface area contributed by atoms with Crippen LogP contribution in [0.5, 0.6) is 0 Å². The van der Waals surface area contributed by atoms with E-state index < -0.39 is 0 Å². The van der Waals surface area contributed by atoms with Crippen LogP contribution in [0.25, 0.3) is 10.8 Å². The third-order valence-electron chi connectivity index (χ3n) is 3.07. The normalized spacial score (nSPS) is 10.6. The molecule has 1 N–H and O–H groups in total. The highest BCUT2D eigenvalue weighted by Crippen LogP contribution is 2.30. The molecule has 0 aliphatic carbocycles. The van der Waals surface area contributed by atoms with E-state index in [4.69, 9.17) is 11.6 Å². The molecule has 0 aliphatic heterocycles. The first kappa shape index (κ1) is 14.0. The van der Waals surface area contributed by atoms with Crippen molar-refractivity contribution in [3.05, 3.63) is 69.9 Å². The van der Waals surface area contributed by atoms with E-state index >= 15 is 0 Å². The number of carbonyl (C=O) groups is 1. The summed E-state index contributed by atoms with van der Waals surface area (Å²) >= 11 is 9.32. The Morgan fingerprint density at radius 1 is 1.00 bits per heavy atom. The van der Waals surface area contributed by atoms with Gasteiger partial charge in [0.05, 0.1) is 0 Å². The maximum atomic E-state index is 12.3. The first-order chi connectivity index (χ1) is 10.1. The van der Waals surface area contributed by atoms with Crippen molar-refractivity contribution in [1.29, 1.82) is 0 Å². The van der Waals surface area contributed by atoms with Gasteiger partial charge in [0.25, 0.3) is 5.91 Å². The van der Waals surface area contributed by atoms with Gasteiger partial charge in [-0.25, -0.2) is 4.98 Å². The number of amides is 1. The molecule has 104 valence electrons. The monoisotopic (exact) mass is 360 g/mol. The summed E-state index contributed by atoms with van der Waals surface area (Å²) in [6.45, 7) is 0. The van der Waals surface area contributed by atoms with Crippen molar-refractivity contribution in [2.45, 2.75) is 0 Å². The molecule has 0 fully saturated rings. The van der Waals surface area contributed by atoms with E-state index in [2.05, 4.69) is 26.2 Å². The van der Waals surface area contributed by atoms with Gasteiger partial charge in [-0.3, -0.25) is 4.79 Å². The topological polar surface area (TPSA) is 42.0 Å². The number of benzene rings is 2. The van der Waals surface area contributed by atoms with Crippen LogP contribution in [0.4, 0.5) is 5.69 Å². The molecule has 5 heteroatoms. The van der Waals surface area contributed by atoms with Gasteiger partial charge in [0, 0.05) is 15.5 Å². The number of nitrogens with one attached hydrogen (secondary N) is 1. The van der Waals surface area contributed by atoms with E-state index in [-0.39, 0.29) is 11.6 Å². The molecule has 21 heavy (non-hydrogen) atoms. The fourth-order valence-electron chi connectivity index (χ4n) is 2.09. The maximum Gasteiger partial charge on any atom is 0.274 e. The Hall–Kier alpha value is -1.91. The van der Waals surface area contributed by atoms with Crippen LogP contribution in [0, 0.1) is 0 Å². The number of hydrogen-bond donors (Lipinski definition) is 1. The molecule has 0 aliphatic rings. The number of hydrogen-bond acceptors (Lipinski definition) is 2. The lowest BCUT2D eigenvalue weighted by Gasteiger charge is -2.09. The van der Waals surface area contributed by atoms with Gasteiger partial charge in [0.2, 0.25) is 0 Å². The van der Waals surface area contributed by atoms with Crippen molar-refractivity contribution in [2.75, 3.05) is 5.32 Å². The summed E-state index contributed by atoms with van der Waals surface area (Å²) in [4.78, 5) is 16.3. The van der Waals surface area contributed by atoms with Crippen molar-refractivity contribution in [2.24, 2.45) is 0 Å². The SMILES string of the molecule is O=C(Nc1ccc(Br)c2ccccc12)c1cccc(Cl)n1. The van der Waals surface area contributed by atoms with Crippen LogP contribution < -0.4 is 5.32 Å². The average Bonchev–Trinajstić information content (AvgIpc) is 2.50. The predicted octanol–water partition coefficient (Wildman–Crippen LogP) is 4.90. The van der Waals surface area contributed by atoms with Crippen LogP contribution in [0.1, 0.15) is 10.5 Å². The van der Waals surface area contributed by atoms with Crippen molar-refractivity contribution < 1.29 is 4.79 Å². The zero-order valence-corrected chi connectivity index (χ0v) is 13.1. The molecular formula is C16H10BrClN2O. The lowest BCUT2D eigenvalue weighted by molar-refractivity contribution is 0.102.